The number of hydrogen-bond acceptors (Lipinski definition) is 6. The summed E-state index contributed by atoms with van der Waals surface area (Å²) in [6, 6.07) is 20.3. The number of carbonyl (C=O) groups excluding carboxylic acids is 1. The van der Waals surface area contributed by atoms with E-state index in [2.05, 4.69) is 26.5 Å². The van der Waals surface area contributed by atoms with E-state index in [1.807, 2.05) is 0 Å². The first-order valence-corrected chi connectivity index (χ1v) is 10.5. The molecule has 0 heterocycles. The van der Waals surface area contributed by atoms with Gasteiger partial charge in [-0.05, 0) is 39.2 Å². The van der Waals surface area contributed by atoms with E-state index in [0.29, 0.717) is 21.2 Å². The molecular formula is C24H21BrN2O6. The van der Waals surface area contributed by atoms with Gasteiger partial charge in [-0.1, -0.05) is 60.7 Å². The molecule has 0 spiro atoms. The quantitative estimate of drug-likeness (QED) is 0.299. The largest absolute Gasteiger partial charge is 0.493 e. The van der Waals surface area contributed by atoms with Gasteiger partial charge in [0.25, 0.3) is 5.91 Å². The summed E-state index contributed by atoms with van der Waals surface area (Å²) in [5, 5.41) is 24.2. The predicted molar refractivity (Wildman–Crippen MR) is 125 cm³/mol. The van der Waals surface area contributed by atoms with E-state index in [1.165, 1.54) is 19.4 Å². The molecule has 0 aliphatic heterocycles. The number of aliphatic hydroxyl groups is 1. The van der Waals surface area contributed by atoms with Gasteiger partial charge in [0.2, 0.25) is 0 Å². The smallest absolute Gasteiger partial charge is 0.341 e. The fraction of sp³-hybridized carbons (Fsp3) is 0.125. The molecule has 0 fully saturated rings. The lowest BCUT2D eigenvalue weighted by Crippen LogP contribution is -2.43. The minimum absolute atomic E-state index is 0.232. The van der Waals surface area contributed by atoms with Gasteiger partial charge in [-0.3, -0.25) is 4.79 Å². The van der Waals surface area contributed by atoms with Crippen molar-refractivity contribution in [2.45, 2.75) is 5.60 Å². The number of methoxy groups -OCH3 is 1. The van der Waals surface area contributed by atoms with Gasteiger partial charge in [0, 0.05) is 10.0 Å². The molecule has 0 aromatic heterocycles. The average molecular weight is 513 g/mol. The second kappa shape index (κ2) is 10.8. The number of nitrogens with zero attached hydrogens (tertiary/aromatic N) is 1. The van der Waals surface area contributed by atoms with Crippen LogP contribution >= 0.6 is 15.9 Å². The maximum atomic E-state index is 13.1. The number of carboxylic acids is 1. The second-order valence-electron chi connectivity index (χ2n) is 6.85. The molecular weight excluding hydrogens is 492 g/mol. The molecule has 0 atom stereocenters. The molecule has 33 heavy (non-hydrogen) atoms. The highest BCUT2D eigenvalue weighted by atomic mass is 79.9. The van der Waals surface area contributed by atoms with Crippen molar-refractivity contribution in [3.05, 3.63) is 94.0 Å². The number of carboxylic acid groups (broad SMARTS) is 1. The zero-order valence-electron chi connectivity index (χ0n) is 17.6. The van der Waals surface area contributed by atoms with Gasteiger partial charge in [-0.15, -0.1) is 0 Å². The standard InChI is InChI=1S/C24H21BrN2O6/c1-32-20-12-16(19(25)13-21(20)33-15-22(28)29)14-26-27-23(30)24(31,17-8-4-2-5-9-17)18-10-6-3-7-11-18/h2-14,31H,15H2,1H3,(H,27,30)(H,28,29)/b26-14-. The molecule has 3 N–H and O–H groups in total. The average Bonchev–Trinajstić information content (AvgIpc) is 2.84. The number of hydrogen-bond donors (Lipinski definition) is 3. The van der Waals surface area contributed by atoms with Gasteiger partial charge < -0.3 is 19.7 Å². The van der Waals surface area contributed by atoms with Crippen LogP contribution in [0.3, 0.4) is 0 Å². The van der Waals surface area contributed by atoms with Gasteiger partial charge in [0.1, 0.15) is 0 Å². The number of nitrogens with one attached hydrogen (secondary N) is 1. The molecule has 0 aliphatic rings. The number of amides is 1. The predicted octanol–water partition coefficient (Wildman–Crippen LogP) is 3.31. The topological polar surface area (TPSA) is 117 Å². The van der Waals surface area contributed by atoms with Crippen LogP contribution in [0.5, 0.6) is 11.5 Å². The highest BCUT2D eigenvalue weighted by Gasteiger charge is 2.39. The van der Waals surface area contributed by atoms with E-state index in [0.717, 1.165) is 0 Å². The molecule has 0 radical (unpaired) electrons. The Morgan fingerprint density at radius 3 is 2.12 bits per heavy atom. The summed E-state index contributed by atoms with van der Waals surface area (Å²) in [5.41, 5.74) is 1.76. The highest BCUT2D eigenvalue weighted by molar-refractivity contribution is 9.10. The van der Waals surface area contributed by atoms with E-state index in [1.54, 1.807) is 66.7 Å². The first-order chi connectivity index (χ1) is 15.9. The van der Waals surface area contributed by atoms with E-state index in [9.17, 15) is 14.7 Å². The molecule has 3 rings (SSSR count). The molecule has 0 aliphatic carbocycles. The zero-order valence-corrected chi connectivity index (χ0v) is 19.2. The summed E-state index contributed by atoms with van der Waals surface area (Å²) in [6.45, 7) is -0.524. The number of carbonyl (C=O) groups is 2. The van der Waals surface area contributed by atoms with Crippen LogP contribution in [-0.2, 0) is 15.2 Å². The van der Waals surface area contributed by atoms with Crippen LogP contribution in [0.4, 0.5) is 0 Å². The van der Waals surface area contributed by atoms with Gasteiger partial charge >= 0.3 is 5.97 Å². The van der Waals surface area contributed by atoms with Crippen molar-refractivity contribution in [2.75, 3.05) is 13.7 Å². The summed E-state index contributed by atoms with van der Waals surface area (Å²) in [7, 11) is 1.42. The molecule has 0 unspecified atom stereocenters. The van der Waals surface area contributed by atoms with Crippen molar-refractivity contribution in [1.29, 1.82) is 0 Å². The van der Waals surface area contributed by atoms with Crippen LogP contribution in [0, 0.1) is 0 Å². The van der Waals surface area contributed by atoms with E-state index >= 15 is 0 Å². The molecule has 0 saturated heterocycles. The molecule has 0 bridgehead atoms. The number of benzene rings is 3. The Labute approximate surface area is 198 Å². The molecule has 9 heteroatoms. The molecule has 3 aromatic carbocycles. The molecule has 1 amide bonds. The maximum absolute atomic E-state index is 13.1. The SMILES string of the molecule is COc1cc(/C=N\NC(=O)C(O)(c2ccccc2)c2ccccc2)c(Br)cc1OCC(=O)O. The fourth-order valence-electron chi connectivity index (χ4n) is 3.09. The van der Waals surface area contributed by atoms with Crippen LogP contribution in [0.15, 0.2) is 82.4 Å². The van der Waals surface area contributed by atoms with Crippen molar-refractivity contribution in [3.63, 3.8) is 0 Å². The lowest BCUT2D eigenvalue weighted by Gasteiger charge is -2.27. The summed E-state index contributed by atoms with van der Waals surface area (Å²) >= 11 is 3.36. The van der Waals surface area contributed by atoms with Crippen LogP contribution in [0.2, 0.25) is 0 Å². The van der Waals surface area contributed by atoms with E-state index in [4.69, 9.17) is 14.6 Å². The van der Waals surface area contributed by atoms with Crippen molar-refractivity contribution >= 4 is 34.0 Å². The van der Waals surface area contributed by atoms with Crippen LogP contribution in [0.25, 0.3) is 0 Å². The molecule has 3 aromatic rings. The Kier molecular flexibility index (Phi) is 7.81. The summed E-state index contributed by atoms with van der Waals surface area (Å²) < 4.78 is 11.0. The van der Waals surface area contributed by atoms with Crippen molar-refractivity contribution < 1.29 is 29.3 Å². The summed E-state index contributed by atoms with van der Waals surface area (Å²) in [6.07, 6.45) is 1.36. The lowest BCUT2D eigenvalue weighted by molar-refractivity contribution is -0.139. The Balaban J connectivity index is 1.85. The third-order valence-electron chi connectivity index (χ3n) is 4.72. The summed E-state index contributed by atoms with van der Waals surface area (Å²) in [4.78, 5) is 23.8. The maximum Gasteiger partial charge on any atom is 0.341 e. The van der Waals surface area contributed by atoms with Crippen molar-refractivity contribution in [1.82, 2.24) is 5.43 Å². The number of halogens is 1. The fourth-order valence-corrected chi connectivity index (χ4v) is 3.52. The zero-order chi connectivity index (χ0) is 23.8. The Morgan fingerprint density at radius 2 is 1.61 bits per heavy atom. The molecule has 0 saturated carbocycles. The van der Waals surface area contributed by atoms with Gasteiger partial charge in [0.05, 0.1) is 13.3 Å². The number of aliphatic carboxylic acids is 1. The van der Waals surface area contributed by atoms with Crippen LogP contribution in [0.1, 0.15) is 16.7 Å². The van der Waals surface area contributed by atoms with Gasteiger partial charge in [-0.2, -0.15) is 5.10 Å². The van der Waals surface area contributed by atoms with Gasteiger partial charge in [-0.25, -0.2) is 10.2 Å². The second-order valence-corrected chi connectivity index (χ2v) is 7.70. The first kappa shape index (κ1) is 24.0. The third-order valence-corrected chi connectivity index (χ3v) is 5.40. The number of hydrazone groups is 1. The molecule has 170 valence electrons. The summed E-state index contributed by atoms with van der Waals surface area (Å²) in [5.74, 6) is -1.33. The first-order valence-electron chi connectivity index (χ1n) is 9.75. The van der Waals surface area contributed by atoms with Crippen molar-refractivity contribution in [3.8, 4) is 11.5 Å². The number of rotatable bonds is 9. The van der Waals surface area contributed by atoms with E-state index < -0.39 is 24.1 Å². The Hall–Kier alpha value is -3.69. The minimum atomic E-state index is -1.96. The third kappa shape index (κ3) is 5.57. The van der Waals surface area contributed by atoms with Crippen LogP contribution in [-0.4, -0.2) is 42.0 Å². The molecule has 8 nitrogen and oxygen atoms in total. The minimum Gasteiger partial charge on any atom is -0.493 e. The van der Waals surface area contributed by atoms with Crippen LogP contribution < -0.4 is 14.9 Å². The normalized spacial score (nSPS) is 11.2. The Morgan fingerprint density at radius 1 is 1.03 bits per heavy atom. The van der Waals surface area contributed by atoms with Gasteiger partial charge in [0.15, 0.2) is 23.7 Å². The number of ether oxygens (including phenoxy) is 2. The monoisotopic (exact) mass is 512 g/mol. The lowest BCUT2D eigenvalue weighted by atomic mass is 9.85. The van der Waals surface area contributed by atoms with Crippen molar-refractivity contribution in [2.24, 2.45) is 5.10 Å². The Bertz CT molecular complexity index is 1110. The van der Waals surface area contributed by atoms with E-state index in [-0.39, 0.29) is 11.5 Å². The highest BCUT2D eigenvalue weighted by Crippen LogP contribution is 2.33.